The molecule has 1 saturated carbocycles. The first-order chi connectivity index (χ1) is 9.61. The average molecular weight is 345 g/mol. The van der Waals surface area contributed by atoms with E-state index in [2.05, 4.69) is 21.2 Å². The Hall–Kier alpha value is -1.14. The summed E-state index contributed by atoms with van der Waals surface area (Å²) in [5.74, 6) is -0.350. The van der Waals surface area contributed by atoms with Crippen LogP contribution in [0, 0.1) is 5.82 Å². The average Bonchev–Trinajstić information content (AvgIpc) is 3.22. The molecule has 6 heteroatoms. The molecule has 1 aliphatic carbocycles. The minimum absolute atomic E-state index is 0.142. The largest absolute Gasteiger partial charge is 0.396 e. The van der Waals surface area contributed by atoms with Crippen LogP contribution in [0.2, 0.25) is 0 Å². The van der Waals surface area contributed by atoms with E-state index >= 15 is 0 Å². The van der Waals surface area contributed by atoms with Gasteiger partial charge in [0, 0.05) is 23.7 Å². The van der Waals surface area contributed by atoms with Gasteiger partial charge in [0.05, 0.1) is 5.69 Å². The highest BCUT2D eigenvalue weighted by Gasteiger charge is 2.32. The number of urea groups is 1. The van der Waals surface area contributed by atoms with Gasteiger partial charge in [-0.25, -0.2) is 9.18 Å². The number of unbranched alkanes of at least 4 members (excludes halogenated alkanes) is 1. The quantitative estimate of drug-likeness (QED) is 0.777. The summed E-state index contributed by atoms with van der Waals surface area (Å²) in [6.45, 7) is 0.777. The van der Waals surface area contributed by atoms with Crippen LogP contribution in [0.15, 0.2) is 22.7 Å². The number of nitrogens with one attached hydrogen (secondary N) is 1. The fraction of sp³-hybridized carbons (Fsp3) is 0.500. The van der Waals surface area contributed by atoms with Crippen molar-refractivity contribution < 1.29 is 14.3 Å². The molecule has 0 spiro atoms. The fourth-order valence-corrected chi connectivity index (χ4v) is 2.46. The molecule has 0 aromatic heterocycles. The van der Waals surface area contributed by atoms with E-state index in [0.717, 1.165) is 19.3 Å². The lowest BCUT2D eigenvalue weighted by atomic mass is 10.3. The van der Waals surface area contributed by atoms with Gasteiger partial charge < -0.3 is 15.3 Å². The van der Waals surface area contributed by atoms with Gasteiger partial charge in [0.1, 0.15) is 5.82 Å². The van der Waals surface area contributed by atoms with Crippen molar-refractivity contribution in [2.45, 2.75) is 31.7 Å². The molecule has 2 rings (SSSR count). The van der Waals surface area contributed by atoms with Crippen LogP contribution >= 0.6 is 15.9 Å². The fourth-order valence-electron chi connectivity index (χ4n) is 2.01. The van der Waals surface area contributed by atoms with E-state index in [-0.39, 0.29) is 18.5 Å². The molecule has 1 aromatic carbocycles. The number of hydrogen-bond acceptors (Lipinski definition) is 2. The lowest BCUT2D eigenvalue weighted by Crippen LogP contribution is -2.37. The summed E-state index contributed by atoms with van der Waals surface area (Å²) < 4.78 is 13.5. The van der Waals surface area contributed by atoms with E-state index in [4.69, 9.17) is 5.11 Å². The standard InChI is InChI=1S/C14H18BrFN2O2/c15-12-9-10(16)3-6-13(12)17-14(20)18(11-4-5-11)7-1-2-8-19/h3,6,9,11,19H,1-2,4-5,7-8H2,(H,17,20). The Morgan fingerprint density at radius 1 is 1.45 bits per heavy atom. The molecule has 0 bridgehead atoms. The summed E-state index contributed by atoms with van der Waals surface area (Å²) in [5.41, 5.74) is 0.559. The lowest BCUT2D eigenvalue weighted by molar-refractivity contribution is 0.204. The normalized spacial score (nSPS) is 14.2. The summed E-state index contributed by atoms with van der Waals surface area (Å²) in [5, 5.41) is 11.6. The van der Waals surface area contributed by atoms with Crippen LogP contribution in [-0.4, -0.2) is 35.2 Å². The third-order valence-electron chi connectivity index (χ3n) is 3.23. The molecule has 0 atom stereocenters. The van der Waals surface area contributed by atoms with Crippen LogP contribution < -0.4 is 5.32 Å². The topological polar surface area (TPSA) is 52.6 Å². The zero-order valence-corrected chi connectivity index (χ0v) is 12.7. The van der Waals surface area contributed by atoms with Gasteiger partial charge in [-0.2, -0.15) is 0 Å². The number of benzene rings is 1. The number of carbonyl (C=O) groups excluding carboxylic acids is 1. The van der Waals surface area contributed by atoms with E-state index in [1.54, 1.807) is 4.90 Å². The van der Waals surface area contributed by atoms with Gasteiger partial charge in [0.15, 0.2) is 0 Å². The van der Waals surface area contributed by atoms with Gasteiger partial charge >= 0.3 is 6.03 Å². The summed E-state index contributed by atoms with van der Waals surface area (Å²) in [4.78, 5) is 14.1. The van der Waals surface area contributed by atoms with Crippen molar-refractivity contribution in [2.24, 2.45) is 0 Å². The van der Waals surface area contributed by atoms with E-state index in [9.17, 15) is 9.18 Å². The Balaban J connectivity index is 1.97. The third-order valence-corrected chi connectivity index (χ3v) is 3.88. The Morgan fingerprint density at radius 2 is 2.20 bits per heavy atom. The predicted octanol–water partition coefficient (Wildman–Crippen LogP) is 3.36. The zero-order valence-electron chi connectivity index (χ0n) is 11.1. The van der Waals surface area contributed by atoms with E-state index in [1.165, 1.54) is 18.2 Å². The van der Waals surface area contributed by atoms with Crippen LogP contribution in [-0.2, 0) is 0 Å². The van der Waals surface area contributed by atoms with Gasteiger partial charge in [-0.15, -0.1) is 0 Å². The van der Waals surface area contributed by atoms with Crippen molar-refractivity contribution in [2.75, 3.05) is 18.5 Å². The highest BCUT2D eigenvalue weighted by atomic mass is 79.9. The molecule has 0 unspecified atom stereocenters. The summed E-state index contributed by atoms with van der Waals surface area (Å²) >= 11 is 3.23. The second-order valence-electron chi connectivity index (χ2n) is 4.91. The third kappa shape index (κ3) is 4.18. The van der Waals surface area contributed by atoms with E-state index < -0.39 is 0 Å². The summed E-state index contributed by atoms with van der Waals surface area (Å²) in [6.07, 6.45) is 3.52. The molecule has 2 amide bonds. The summed E-state index contributed by atoms with van der Waals surface area (Å²) in [7, 11) is 0. The van der Waals surface area contributed by atoms with Crippen molar-refractivity contribution in [1.29, 1.82) is 0 Å². The first kappa shape index (κ1) is 15.3. The molecule has 0 aliphatic heterocycles. The van der Waals surface area contributed by atoms with Gasteiger partial charge in [0.25, 0.3) is 0 Å². The number of amides is 2. The Labute approximate surface area is 126 Å². The van der Waals surface area contributed by atoms with E-state index in [1.807, 2.05) is 0 Å². The van der Waals surface area contributed by atoms with Crippen LogP contribution in [0.25, 0.3) is 0 Å². The maximum Gasteiger partial charge on any atom is 0.322 e. The van der Waals surface area contributed by atoms with Crippen molar-refractivity contribution in [3.63, 3.8) is 0 Å². The molecule has 0 saturated heterocycles. The van der Waals surface area contributed by atoms with Gasteiger partial charge in [-0.1, -0.05) is 0 Å². The van der Waals surface area contributed by atoms with Crippen molar-refractivity contribution in [3.8, 4) is 0 Å². The maximum absolute atomic E-state index is 13.0. The van der Waals surface area contributed by atoms with Crippen LogP contribution in [0.4, 0.5) is 14.9 Å². The maximum atomic E-state index is 13.0. The molecule has 4 nitrogen and oxygen atoms in total. The van der Waals surface area contributed by atoms with Crippen LogP contribution in [0.1, 0.15) is 25.7 Å². The van der Waals surface area contributed by atoms with Crippen LogP contribution in [0.3, 0.4) is 0 Å². The second kappa shape index (κ2) is 7.04. The number of nitrogens with zero attached hydrogens (tertiary/aromatic N) is 1. The Bertz CT molecular complexity index is 480. The number of hydrogen-bond donors (Lipinski definition) is 2. The monoisotopic (exact) mass is 344 g/mol. The first-order valence-corrected chi connectivity index (χ1v) is 7.54. The number of halogens is 2. The lowest BCUT2D eigenvalue weighted by Gasteiger charge is -2.23. The highest BCUT2D eigenvalue weighted by Crippen LogP contribution is 2.29. The Morgan fingerprint density at radius 3 is 2.80 bits per heavy atom. The Kier molecular flexibility index (Phi) is 5.37. The molecule has 2 N–H and O–H groups in total. The minimum atomic E-state index is -0.350. The second-order valence-corrected chi connectivity index (χ2v) is 5.76. The van der Waals surface area contributed by atoms with Crippen molar-refractivity contribution >= 4 is 27.6 Å². The smallest absolute Gasteiger partial charge is 0.322 e. The van der Waals surface area contributed by atoms with Gasteiger partial charge in [-0.3, -0.25) is 0 Å². The number of aliphatic hydroxyl groups is 1. The minimum Gasteiger partial charge on any atom is -0.396 e. The molecule has 20 heavy (non-hydrogen) atoms. The number of anilines is 1. The molecular weight excluding hydrogens is 327 g/mol. The zero-order chi connectivity index (χ0) is 14.5. The predicted molar refractivity (Wildman–Crippen MR) is 79.2 cm³/mol. The summed E-state index contributed by atoms with van der Waals surface area (Å²) in [6, 6.07) is 4.30. The van der Waals surface area contributed by atoms with E-state index in [0.29, 0.717) is 29.2 Å². The van der Waals surface area contributed by atoms with Crippen LogP contribution in [0.5, 0.6) is 0 Å². The number of aliphatic hydroxyl groups excluding tert-OH is 1. The number of rotatable bonds is 6. The van der Waals surface area contributed by atoms with Gasteiger partial charge in [-0.05, 0) is 59.8 Å². The molecule has 1 aromatic rings. The number of carbonyl (C=O) groups is 1. The van der Waals surface area contributed by atoms with Crippen molar-refractivity contribution in [1.82, 2.24) is 4.90 Å². The molecular formula is C14H18BrFN2O2. The highest BCUT2D eigenvalue weighted by molar-refractivity contribution is 9.10. The van der Waals surface area contributed by atoms with Gasteiger partial charge in [0.2, 0.25) is 0 Å². The molecule has 1 aliphatic rings. The molecule has 0 radical (unpaired) electrons. The SMILES string of the molecule is O=C(Nc1ccc(F)cc1Br)N(CCCCO)C1CC1. The van der Waals surface area contributed by atoms with Crippen molar-refractivity contribution in [3.05, 3.63) is 28.5 Å². The molecule has 1 fully saturated rings. The first-order valence-electron chi connectivity index (χ1n) is 6.75. The molecule has 0 heterocycles. The molecule has 110 valence electrons.